The van der Waals surface area contributed by atoms with Crippen LogP contribution in [-0.2, 0) is 0 Å². The van der Waals surface area contributed by atoms with E-state index in [2.05, 4.69) is 4.98 Å². The third-order valence-electron chi connectivity index (χ3n) is 1.72. The SMILES string of the molecule is Oc1cccc2cncc(Cl)c12. The summed E-state index contributed by atoms with van der Waals surface area (Å²) in [5.74, 6) is 0.194. The maximum atomic E-state index is 9.44. The van der Waals surface area contributed by atoms with Gasteiger partial charge in [0, 0.05) is 23.2 Å². The molecular formula is C9H6ClNO. The summed E-state index contributed by atoms with van der Waals surface area (Å²) >= 11 is 5.84. The molecule has 0 fully saturated rings. The quantitative estimate of drug-likeness (QED) is 0.675. The molecule has 0 spiro atoms. The van der Waals surface area contributed by atoms with E-state index in [1.54, 1.807) is 18.3 Å². The van der Waals surface area contributed by atoms with Gasteiger partial charge in [-0.25, -0.2) is 0 Å². The van der Waals surface area contributed by atoms with Crippen LogP contribution in [0.1, 0.15) is 0 Å². The Balaban J connectivity index is 2.96. The largest absolute Gasteiger partial charge is 0.507 e. The van der Waals surface area contributed by atoms with Crippen molar-refractivity contribution in [3.63, 3.8) is 0 Å². The maximum Gasteiger partial charge on any atom is 0.125 e. The smallest absolute Gasteiger partial charge is 0.125 e. The Morgan fingerprint density at radius 3 is 2.83 bits per heavy atom. The van der Waals surface area contributed by atoms with E-state index in [0.29, 0.717) is 10.4 Å². The summed E-state index contributed by atoms with van der Waals surface area (Å²) in [7, 11) is 0. The molecular weight excluding hydrogens is 174 g/mol. The Kier molecular flexibility index (Phi) is 1.62. The molecule has 1 N–H and O–H groups in total. The Labute approximate surface area is 74.4 Å². The van der Waals surface area contributed by atoms with Crippen molar-refractivity contribution >= 4 is 22.4 Å². The van der Waals surface area contributed by atoms with Crippen molar-refractivity contribution in [2.45, 2.75) is 0 Å². The minimum absolute atomic E-state index is 0.194. The van der Waals surface area contributed by atoms with E-state index < -0.39 is 0 Å². The first-order chi connectivity index (χ1) is 5.79. The Bertz CT molecular complexity index is 391. The van der Waals surface area contributed by atoms with Crippen molar-refractivity contribution in [3.05, 3.63) is 35.6 Å². The summed E-state index contributed by atoms with van der Waals surface area (Å²) in [6.45, 7) is 0. The predicted molar refractivity (Wildman–Crippen MR) is 48.4 cm³/mol. The first-order valence-corrected chi connectivity index (χ1v) is 3.88. The van der Waals surface area contributed by atoms with Gasteiger partial charge in [-0.1, -0.05) is 23.7 Å². The minimum Gasteiger partial charge on any atom is -0.507 e. The summed E-state index contributed by atoms with van der Waals surface area (Å²) in [6.07, 6.45) is 3.19. The lowest BCUT2D eigenvalue weighted by atomic mass is 10.1. The molecule has 2 nitrogen and oxygen atoms in total. The molecule has 0 aliphatic carbocycles. The first-order valence-electron chi connectivity index (χ1n) is 3.50. The van der Waals surface area contributed by atoms with Crippen LogP contribution in [0.2, 0.25) is 5.02 Å². The van der Waals surface area contributed by atoms with Gasteiger partial charge in [0.25, 0.3) is 0 Å². The monoisotopic (exact) mass is 179 g/mol. The topological polar surface area (TPSA) is 33.1 Å². The van der Waals surface area contributed by atoms with E-state index >= 15 is 0 Å². The van der Waals surface area contributed by atoms with Crippen LogP contribution in [0.25, 0.3) is 10.8 Å². The van der Waals surface area contributed by atoms with E-state index in [9.17, 15) is 5.11 Å². The second-order valence-electron chi connectivity index (χ2n) is 2.50. The van der Waals surface area contributed by atoms with Crippen LogP contribution in [-0.4, -0.2) is 10.1 Å². The van der Waals surface area contributed by atoms with Gasteiger partial charge in [-0.05, 0) is 6.07 Å². The molecule has 0 radical (unpaired) electrons. The van der Waals surface area contributed by atoms with Gasteiger partial charge in [0.15, 0.2) is 0 Å². The van der Waals surface area contributed by atoms with Crippen molar-refractivity contribution in [2.24, 2.45) is 0 Å². The van der Waals surface area contributed by atoms with E-state index in [0.717, 1.165) is 5.39 Å². The van der Waals surface area contributed by atoms with Crippen molar-refractivity contribution in [1.29, 1.82) is 0 Å². The fourth-order valence-electron chi connectivity index (χ4n) is 1.17. The Morgan fingerprint density at radius 1 is 1.25 bits per heavy atom. The minimum atomic E-state index is 0.194. The fourth-order valence-corrected chi connectivity index (χ4v) is 1.44. The molecule has 0 aliphatic heterocycles. The lowest BCUT2D eigenvalue weighted by Gasteiger charge is -2.00. The molecule has 1 aromatic carbocycles. The zero-order chi connectivity index (χ0) is 8.55. The summed E-state index contributed by atoms with van der Waals surface area (Å²) < 4.78 is 0. The molecule has 0 amide bonds. The predicted octanol–water partition coefficient (Wildman–Crippen LogP) is 2.59. The fraction of sp³-hybridized carbons (Fsp3) is 0. The molecule has 2 aromatic rings. The molecule has 0 bridgehead atoms. The number of hydrogen-bond donors (Lipinski definition) is 1. The molecule has 0 unspecified atom stereocenters. The molecule has 1 heterocycles. The number of pyridine rings is 1. The third-order valence-corrected chi connectivity index (χ3v) is 2.00. The standard InChI is InChI=1S/C9H6ClNO/c10-7-5-11-4-6-2-1-3-8(12)9(6)7/h1-5,12H. The number of halogens is 1. The number of benzene rings is 1. The highest BCUT2D eigenvalue weighted by molar-refractivity contribution is 6.35. The van der Waals surface area contributed by atoms with Gasteiger partial charge in [0.1, 0.15) is 5.75 Å². The van der Waals surface area contributed by atoms with Crippen LogP contribution < -0.4 is 0 Å². The number of phenols is 1. The van der Waals surface area contributed by atoms with E-state index in [1.165, 1.54) is 6.20 Å². The average molecular weight is 180 g/mol. The first kappa shape index (κ1) is 7.37. The highest BCUT2D eigenvalue weighted by atomic mass is 35.5. The average Bonchev–Trinajstić information content (AvgIpc) is 2.04. The molecule has 0 saturated carbocycles. The number of aromatic hydroxyl groups is 1. The van der Waals surface area contributed by atoms with Crippen LogP contribution in [0.5, 0.6) is 5.75 Å². The molecule has 60 valence electrons. The molecule has 1 aromatic heterocycles. The van der Waals surface area contributed by atoms with Gasteiger partial charge in [0.2, 0.25) is 0 Å². The van der Waals surface area contributed by atoms with E-state index in [4.69, 9.17) is 11.6 Å². The summed E-state index contributed by atoms with van der Waals surface area (Å²) in [6, 6.07) is 5.22. The normalized spacial score (nSPS) is 10.4. The van der Waals surface area contributed by atoms with Gasteiger partial charge in [0.05, 0.1) is 5.02 Å². The Morgan fingerprint density at radius 2 is 2.08 bits per heavy atom. The van der Waals surface area contributed by atoms with Crippen LogP contribution in [0.4, 0.5) is 0 Å². The van der Waals surface area contributed by atoms with Crippen LogP contribution in [0.15, 0.2) is 30.6 Å². The van der Waals surface area contributed by atoms with Gasteiger partial charge < -0.3 is 5.11 Å². The maximum absolute atomic E-state index is 9.44. The van der Waals surface area contributed by atoms with Crippen LogP contribution in [0.3, 0.4) is 0 Å². The van der Waals surface area contributed by atoms with E-state index in [1.807, 2.05) is 6.07 Å². The number of hydrogen-bond acceptors (Lipinski definition) is 2. The number of fused-ring (bicyclic) bond motifs is 1. The van der Waals surface area contributed by atoms with Gasteiger partial charge >= 0.3 is 0 Å². The zero-order valence-electron chi connectivity index (χ0n) is 6.16. The lowest BCUT2D eigenvalue weighted by molar-refractivity contribution is 0.481. The highest BCUT2D eigenvalue weighted by Crippen LogP contribution is 2.29. The van der Waals surface area contributed by atoms with E-state index in [-0.39, 0.29) is 5.75 Å². The second-order valence-corrected chi connectivity index (χ2v) is 2.90. The van der Waals surface area contributed by atoms with Crippen LogP contribution in [0, 0.1) is 0 Å². The zero-order valence-corrected chi connectivity index (χ0v) is 6.92. The van der Waals surface area contributed by atoms with Crippen molar-refractivity contribution in [3.8, 4) is 5.75 Å². The van der Waals surface area contributed by atoms with Gasteiger partial charge in [-0.2, -0.15) is 0 Å². The molecule has 0 saturated heterocycles. The molecule has 3 heteroatoms. The van der Waals surface area contributed by atoms with Crippen molar-refractivity contribution < 1.29 is 5.11 Å². The number of rotatable bonds is 0. The molecule has 0 atom stereocenters. The number of nitrogens with zero attached hydrogens (tertiary/aromatic N) is 1. The summed E-state index contributed by atoms with van der Waals surface area (Å²) in [4.78, 5) is 3.91. The highest BCUT2D eigenvalue weighted by Gasteiger charge is 2.02. The number of phenolic OH excluding ortho intramolecular Hbond substituents is 1. The molecule has 2 rings (SSSR count). The Hall–Kier alpha value is -1.28. The second kappa shape index (κ2) is 2.64. The van der Waals surface area contributed by atoms with Gasteiger partial charge in [-0.3, -0.25) is 4.98 Å². The lowest BCUT2D eigenvalue weighted by Crippen LogP contribution is -1.77. The van der Waals surface area contributed by atoms with Gasteiger partial charge in [-0.15, -0.1) is 0 Å². The molecule has 0 aliphatic rings. The van der Waals surface area contributed by atoms with Crippen molar-refractivity contribution in [1.82, 2.24) is 4.98 Å². The molecule has 12 heavy (non-hydrogen) atoms. The summed E-state index contributed by atoms with van der Waals surface area (Å²) in [5.41, 5.74) is 0. The summed E-state index contributed by atoms with van der Waals surface area (Å²) in [5, 5.41) is 11.4. The number of aromatic nitrogens is 1. The van der Waals surface area contributed by atoms with Crippen molar-refractivity contribution in [2.75, 3.05) is 0 Å². The van der Waals surface area contributed by atoms with Crippen LogP contribution >= 0.6 is 11.6 Å². The third kappa shape index (κ3) is 1.01.